The topological polar surface area (TPSA) is 12.5 Å². The Labute approximate surface area is 111 Å². The fourth-order valence-electron chi connectivity index (χ4n) is 2.60. The number of hydrogen-bond donors (Lipinski definition) is 0. The molecule has 2 nitrogen and oxygen atoms in total. The molecule has 1 saturated carbocycles. The molecule has 1 aromatic carbocycles. The van der Waals surface area contributed by atoms with Crippen LogP contribution in [0.3, 0.4) is 0 Å². The van der Waals surface area contributed by atoms with Crippen molar-refractivity contribution in [3.05, 3.63) is 29.8 Å². The van der Waals surface area contributed by atoms with Crippen molar-refractivity contribution < 1.29 is 4.74 Å². The molecule has 1 aliphatic rings. The van der Waals surface area contributed by atoms with Crippen LogP contribution in [0.1, 0.15) is 37.7 Å². The lowest BCUT2D eigenvalue weighted by atomic mass is 10.1. The third-order valence-electron chi connectivity index (χ3n) is 3.62. The molecule has 0 saturated heterocycles. The molecule has 0 bridgehead atoms. The first-order valence-electron chi connectivity index (χ1n) is 7.15. The molecule has 1 fully saturated rings. The highest BCUT2D eigenvalue weighted by atomic mass is 16.5. The summed E-state index contributed by atoms with van der Waals surface area (Å²) in [4.78, 5) is 2.24. The molecule has 2 heteroatoms. The second kappa shape index (κ2) is 6.79. The SMILES string of the molecule is CN(C)CCCc1ccccc1OC1CCCC1. The van der Waals surface area contributed by atoms with Gasteiger partial charge in [-0.05, 0) is 70.8 Å². The molecular formula is C16H25NO. The highest BCUT2D eigenvalue weighted by molar-refractivity contribution is 5.33. The van der Waals surface area contributed by atoms with Crippen LogP contribution in [0.2, 0.25) is 0 Å². The quantitative estimate of drug-likeness (QED) is 0.763. The summed E-state index contributed by atoms with van der Waals surface area (Å²) < 4.78 is 6.15. The van der Waals surface area contributed by atoms with Crippen LogP contribution in [0.25, 0.3) is 0 Å². The van der Waals surface area contributed by atoms with E-state index >= 15 is 0 Å². The van der Waals surface area contributed by atoms with Crippen molar-refractivity contribution in [2.75, 3.05) is 20.6 Å². The van der Waals surface area contributed by atoms with Crippen LogP contribution >= 0.6 is 0 Å². The van der Waals surface area contributed by atoms with Crippen LogP contribution in [0.4, 0.5) is 0 Å². The van der Waals surface area contributed by atoms with Gasteiger partial charge in [0, 0.05) is 0 Å². The van der Waals surface area contributed by atoms with Crippen LogP contribution in [-0.4, -0.2) is 31.6 Å². The van der Waals surface area contributed by atoms with Gasteiger partial charge in [0.15, 0.2) is 0 Å². The highest BCUT2D eigenvalue weighted by Crippen LogP contribution is 2.27. The summed E-state index contributed by atoms with van der Waals surface area (Å²) in [6.07, 6.45) is 7.87. The summed E-state index contributed by atoms with van der Waals surface area (Å²) in [5.41, 5.74) is 1.37. The molecule has 0 atom stereocenters. The van der Waals surface area contributed by atoms with Gasteiger partial charge in [-0.15, -0.1) is 0 Å². The van der Waals surface area contributed by atoms with Crippen molar-refractivity contribution in [1.82, 2.24) is 4.90 Å². The molecule has 0 unspecified atom stereocenters. The summed E-state index contributed by atoms with van der Waals surface area (Å²) in [7, 11) is 4.25. The Morgan fingerprint density at radius 1 is 1.17 bits per heavy atom. The van der Waals surface area contributed by atoms with Gasteiger partial charge in [0.1, 0.15) is 5.75 Å². The first-order valence-corrected chi connectivity index (χ1v) is 7.15. The lowest BCUT2D eigenvalue weighted by Crippen LogP contribution is -2.15. The minimum atomic E-state index is 0.458. The summed E-state index contributed by atoms with van der Waals surface area (Å²) in [6.45, 7) is 1.14. The lowest BCUT2D eigenvalue weighted by Gasteiger charge is -2.17. The van der Waals surface area contributed by atoms with Crippen LogP contribution in [-0.2, 0) is 6.42 Å². The molecule has 0 N–H and O–H groups in total. The molecule has 1 aliphatic carbocycles. The van der Waals surface area contributed by atoms with Crippen molar-refractivity contribution in [3.63, 3.8) is 0 Å². The van der Waals surface area contributed by atoms with E-state index in [-0.39, 0.29) is 0 Å². The monoisotopic (exact) mass is 247 g/mol. The summed E-state index contributed by atoms with van der Waals surface area (Å²) in [5.74, 6) is 1.11. The van der Waals surface area contributed by atoms with Gasteiger partial charge in [0.05, 0.1) is 6.10 Å². The number of hydrogen-bond acceptors (Lipinski definition) is 2. The van der Waals surface area contributed by atoms with Crippen molar-refractivity contribution in [1.29, 1.82) is 0 Å². The van der Waals surface area contributed by atoms with Crippen molar-refractivity contribution in [2.24, 2.45) is 0 Å². The van der Waals surface area contributed by atoms with Gasteiger partial charge in [0.25, 0.3) is 0 Å². The maximum atomic E-state index is 6.15. The Kier molecular flexibility index (Phi) is 5.06. The van der Waals surface area contributed by atoms with Crippen LogP contribution in [0.5, 0.6) is 5.75 Å². The largest absolute Gasteiger partial charge is 0.490 e. The summed E-state index contributed by atoms with van der Waals surface area (Å²) >= 11 is 0. The number of ether oxygens (including phenoxy) is 1. The third kappa shape index (κ3) is 4.02. The van der Waals surface area contributed by atoms with Gasteiger partial charge in [0.2, 0.25) is 0 Å². The van der Waals surface area contributed by atoms with E-state index in [1.807, 2.05) is 0 Å². The van der Waals surface area contributed by atoms with E-state index in [1.54, 1.807) is 0 Å². The van der Waals surface area contributed by atoms with E-state index in [0.717, 1.165) is 18.7 Å². The van der Waals surface area contributed by atoms with Gasteiger partial charge in [-0.1, -0.05) is 18.2 Å². The molecule has 0 amide bonds. The molecule has 0 heterocycles. The normalized spacial score (nSPS) is 16.4. The van der Waals surface area contributed by atoms with E-state index in [9.17, 15) is 0 Å². The van der Waals surface area contributed by atoms with Crippen LogP contribution < -0.4 is 4.74 Å². The molecule has 100 valence electrons. The van der Waals surface area contributed by atoms with Crippen molar-refractivity contribution >= 4 is 0 Å². The van der Waals surface area contributed by atoms with E-state index in [0.29, 0.717) is 6.10 Å². The van der Waals surface area contributed by atoms with Gasteiger partial charge >= 0.3 is 0 Å². The van der Waals surface area contributed by atoms with E-state index in [2.05, 4.69) is 43.3 Å². The number of aryl methyl sites for hydroxylation is 1. The van der Waals surface area contributed by atoms with Crippen molar-refractivity contribution in [3.8, 4) is 5.75 Å². The van der Waals surface area contributed by atoms with Gasteiger partial charge in [-0.25, -0.2) is 0 Å². The zero-order valence-electron chi connectivity index (χ0n) is 11.7. The molecular weight excluding hydrogens is 222 g/mol. The summed E-state index contributed by atoms with van der Waals surface area (Å²) in [5, 5.41) is 0. The number of benzene rings is 1. The molecule has 1 aromatic rings. The van der Waals surface area contributed by atoms with E-state index in [4.69, 9.17) is 4.74 Å². The smallest absolute Gasteiger partial charge is 0.122 e. The van der Waals surface area contributed by atoms with Gasteiger partial charge < -0.3 is 9.64 Å². The Morgan fingerprint density at radius 3 is 2.61 bits per heavy atom. The Hall–Kier alpha value is -1.02. The van der Waals surface area contributed by atoms with Gasteiger partial charge in [-0.2, -0.15) is 0 Å². The van der Waals surface area contributed by atoms with E-state index in [1.165, 1.54) is 37.7 Å². The number of rotatable bonds is 6. The number of para-hydroxylation sites is 1. The predicted octanol–water partition coefficient (Wildman–Crippen LogP) is 3.50. The zero-order chi connectivity index (χ0) is 12.8. The molecule has 0 aromatic heterocycles. The average Bonchev–Trinajstić information content (AvgIpc) is 2.84. The minimum Gasteiger partial charge on any atom is -0.490 e. The predicted molar refractivity (Wildman–Crippen MR) is 76.2 cm³/mol. The highest BCUT2D eigenvalue weighted by Gasteiger charge is 2.17. The minimum absolute atomic E-state index is 0.458. The molecule has 18 heavy (non-hydrogen) atoms. The Bertz CT molecular complexity index is 356. The number of nitrogens with zero attached hydrogens (tertiary/aromatic N) is 1. The first-order chi connectivity index (χ1) is 8.75. The van der Waals surface area contributed by atoms with Crippen LogP contribution in [0, 0.1) is 0 Å². The maximum absolute atomic E-state index is 6.15. The maximum Gasteiger partial charge on any atom is 0.122 e. The Morgan fingerprint density at radius 2 is 1.89 bits per heavy atom. The molecule has 0 aliphatic heterocycles. The standard InChI is InChI=1S/C16H25NO/c1-17(2)13-7-9-14-8-3-6-12-16(14)18-15-10-4-5-11-15/h3,6,8,12,15H,4-5,7,9-11,13H2,1-2H3. The van der Waals surface area contributed by atoms with Gasteiger partial charge in [-0.3, -0.25) is 0 Å². The fraction of sp³-hybridized carbons (Fsp3) is 0.625. The first kappa shape index (κ1) is 13.4. The second-order valence-electron chi connectivity index (χ2n) is 5.54. The lowest BCUT2D eigenvalue weighted by molar-refractivity contribution is 0.207. The third-order valence-corrected chi connectivity index (χ3v) is 3.62. The average molecular weight is 247 g/mol. The Balaban J connectivity index is 1.91. The molecule has 0 spiro atoms. The molecule has 2 rings (SSSR count). The zero-order valence-corrected chi connectivity index (χ0v) is 11.7. The van der Waals surface area contributed by atoms with Crippen molar-refractivity contribution in [2.45, 2.75) is 44.6 Å². The second-order valence-corrected chi connectivity index (χ2v) is 5.54. The molecule has 0 radical (unpaired) electrons. The van der Waals surface area contributed by atoms with E-state index < -0.39 is 0 Å². The van der Waals surface area contributed by atoms with Crippen LogP contribution in [0.15, 0.2) is 24.3 Å². The summed E-state index contributed by atoms with van der Waals surface area (Å²) in [6, 6.07) is 8.54. The fourth-order valence-corrected chi connectivity index (χ4v) is 2.60.